The molecule has 2 heterocycles. The van der Waals surface area contributed by atoms with Gasteiger partial charge < -0.3 is 4.90 Å². The summed E-state index contributed by atoms with van der Waals surface area (Å²) in [5.74, 6) is 2.58. The third kappa shape index (κ3) is 4.02. The van der Waals surface area contributed by atoms with Crippen molar-refractivity contribution in [2.24, 2.45) is 10.2 Å². The Morgan fingerprint density at radius 1 is 1.42 bits per heavy atom. The molecule has 2 aliphatic rings. The maximum Gasteiger partial charge on any atom is 0.222 e. The third-order valence-corrected chi connectivity index (χ3v) is 3.76. The smallest absolute Gasteiger partial charge is 0.222 e. The molecule has 19 heavy (non-hydrogen) atoms. The number of rotatable bonds is 5. The van der Waals surface area contributed by atoms with Crippen LogP contribution >= 0.6 is 0 Å². The summed E-state index contributed by atoms with van der Waals surface area (Å²) in [6.45, 7) is 0.912. The first-order valence-electron chi connectivity index (χ1n) is 6.95. The largest absolute Gasteiger partial charge is 0.340 e. The predicted octanol–water partition coefficient (Wildman–Crippen LogP) is 2.69. The Labute approximate surface area is 113 Å². The van der Waals surface area contributed by atoms with Crippen molar-refractivity contribution in [2.75, 3.05) is 13.1 Å². The van der Waals surface area contributed by atoms with E-state index in [4.69, 9.17) is 6.42 Å². The molecule has 0 radical (unpaired) electrons. The summed E-state index contributed by atoms with van der Waals surface area (Å²) in [6.07, 6.45) is 8.98. The fraction of sp³-hybridized carbons (Fsp3) is 0.786. The molecule has 0 bridgehead atoms. The SMILES string of the molecule is C#CCCC1(CCC(=O)N2CCCCC(F)C2)N=N1. The van der Waals surface area contributed by atoms with Crippen LogP contribution in [0, 0.1) is 12.3 Å². The van der Waals surface area contributed by atoms with Crippen molar-refractivity contribution in [3.63, 3.8) is 0 Å². The van der Waals surface area contributed by atoms with Crippen LogP contribution in [0.2, 0.25) is 0 Å². The van der Waals surface area contributed by atoms with Gasteiger partial charge >= 0.3 is 0 Å². The highest BCUT2D eigenvalue weighted by Gasteiger charge is 2.39. The highest BCUT2D eigenvalue weighted by atomic mass is 19.1. The van der Waals surface area contributed by atoms with Gasteiger partial charge in [0.1, 0.15) is 6.17 Å². The van der Waals surface area contributed by atoms with Gasteiger partial charge in [-0.25, -0.2) is 4.39 Å². The molecule has 1 atom stereocenters. The number of halogens is 1. The van der Waals surface area contributed by atoms with Crippen LogP contribution in [0.5, 0.6) is 0 Å². The fourth-order valence-electron chi connectivity index (χ4n) is 2.45. The molecule has 0 aromatic rings. The van der Waals surface area contributed by atoms with Crippen molar-refractivity contribution < 1.29 is 9.18 Å². The first kappa shape index (κ1) is 14.0. The highest BCUT2D eigenvalue weighted by Crippen LogP contribution is 2.37. The Hall–Kier alpha value is -1.44. The maximum absolute atomic E-state index is 13.5. The van der Waals surface area contributed by atoms with Crippen molar-refractivity contribution in [3.8, 4) is 12.3 Å². The van der Waals surface area contributed by atoms with Crippen LogP contribution in [-0.4, -0.2) is 35.7 Å². The van der Waals surface area contributed by atoms with Gasteiger partial charge in [0.15, 0.2) is 5.66 Å². The summed E-state index contributed by atoms with van der Waals surface area (Å²) < 4.78 is 13.5. The average Bonchev–Trinajstić information content (AvgIpc) is 3.19. The zero-order valence-electron chi connectivity index (χ0n) is 11.1. The number of amides is 1. The normalized spacial score (nSPS) is 24.6. The lowest BCUT2D eigenvalue weighted by atomic mass is 10.0. The van der Waals surface area contributed by atoms with E-state index >= 15 is 0 Å². The van der Waals surface area contributed by atoms with E-state index in [1.54, 1.807) is 4.90 Å². The number of carbonyl (C=O) groups excluding carboxylic acids is 1. The van der Waals surface area contributed by atoms with Crippen molar-refractivity contribution in [2.45, 2.75) is 56.8 Å². The van der Waals surface area contributed by atoms with E-state index in [1.165, 1.54) is 0 Å². The Morgan fingerprint density at radius 2 is 2.21 bits per heavy atom. The molecule has 1 fully saturated rings. The molecule has 0 aromatic carbocycles. The van der Waals surface area contributed by atoms with Gasteiger partial charge in [-0.3, -0.25) is 4.79 Å². The third-order valence-electron chi connectivity index (χ3n) is 3.76. The van der Waals surface area contributed by atoms with Gasteiger partial charge in [0.25, 0.3) is 0 Å². The average molecular weight is 265 g/mol. The Balaban J connectivity index is 1.76. The van der Waals surface area contributed by atoms with Crippen LogP contribution in [0.3, 0.4) is 0 Å². The second-order valence-corrected chi connectivity index (χ2v) is 5.32. The van der Waals surface area contributed by atoms with Crippen molar-refractivity contribution >= 4 is 5.91 Å². The molecular weight excluding hydrogens is 245 g/mol. The van der Waals surface area contributed by atoms with Crippen LogP contribution in [0.1, 0.15) is 44.9 Å². The zero-order valence-corrected chi connectivity index (χ0v) is 11.1. The molecule has 0 saturated carbocycles. The standard InChI is InChI=1S/C14H20FN3O/c1-2-3-8-14(16-17-14)9-7-13(19)18-10-5-4-6-12(15)11-18/h1,12H,3-11H2. The summed E-state index contributed by atoms with van der Waals surface area (Å²) in [6, 6.07) is 0. The summed E-state index contributed by atoms with van der Waals surface area (Å²) in [5.41, 5.74) is -0.414. The van der Waals surface area contributed by atoms with Gasteiger partial charge in [0.05, 0.1) is 6.54 Å². The molecule has 4 nitrogen and oxygen atoms in total. The van der Waals surface area contributed by atoms with E-state index in [9.17, 15) is 9.18 Å². The Morgan fingerprint density at radius 3 is 2.89 bits per heavy atom. The number of terminal acetylenes is 1. The van der Waals surface area contributed by atoms with Crippen LogP contribution < -0.4 is 0 Å². The molecule has 1 unspecified atom stereocenters. The molecule has 0 aliphatic carbocycles. The Bertz CT molecular complexity index is 396. The lowest BCUT2D eigenvalue weighted by molar-refractivity contribution is -0.132. The molecular formula is C14H20FN3O. The lowest BCUT2D eigenvalue weighted by Gasteiger charge is -2.22. The summed E-state index contributed by atoms with van der Waals surface area (Å²) in [4.78, 5) is 13.7. The summed E-state index contributed by atoms with van der Waals surface area (Å²) >= 11 is 0. The van der Waals surface area contributed by atoms with E-state index in [1.807, 2.05) is 0 Å². The number of nitrogens with zero attached hydrogens (tertiary/aromatic N) is 3. The molecule has 0 spiro atoms. The molecule has 1 amide bonds. The topological polar surface area (TPSA) is 45.0 Å². The minimum absolute atomic E-state index is 0.0157. The van der Waals surface area contributed by atoms with Crippen LogP contribution in [0.15, 0.2) is 10.2 Å². The van der Waals surface area contributed by atoms with Gasteiger partial charge in [0, 0.05) is 32.2 Å². The molecule has 2 aliphatic heterocycles. The van der Waals surface area contributed by atoms with E-state index < -0.39 is 11.8 Å². The first-order chi connectivity index (χ1) is 9.15. The van der Waals surface area contributed by atoms with Crippen molar-refractivity contribution in [3.05, 3.63) is 0 Å². The monoisotopic (exact) mass is 265 g/mol. The number of hydrogen-bond donors (Lipinski definition) is 0. The summed E-state index contributed by atoms with van der Waals surface area (Å²) in [5, 5.41) is 8.01. The quantitative estimate of drug-likeness (QED) is 0.705. The zero-order chi connectivity index (χ0) is 13.7. The van der Waals surface area contributed by atoms with Gasteiger partial charge in [-0.1, -0.05) is 0 Å². The van der Waals surface area contributed by atoms with E-state index in [0.717, 1.165) is 12.8 Å². The minimum Gasteiger partial charge on any atom is -0.340 e. The fourth-order valence-corrected chi connectivity index (χ4v) is 2.45. The van der Waals surface area contributed by atoms with E-state index in [2.05, 4.69) is 16.1 Å². The molecule has 1 saturated heterocycles. The van der Waals surface area contributed by atoms with E-state index in [-0.39, 0.29) is 12.5 Å². The number of likely N-dealkylation sites (tertiary alicyclic amines) is 1. The van der Waals surface area contributed by atoms with Crippen molar-refractivity contribution in [1.82, 2.24) is 4.90 Å². The van der Waals surface area contributed by atoms with Gasteiger partial charge in [-0.2, -0.15) is 10.2 Å². The highest BCUT2D eigenvalue weighted by molar-refractivity contribution is 5.76. The Kier molecular flexibility index (Phi) is 4.52. The second-order valence-electron chi connectivity index (χ2n) is 5.32. The maximum atomic E-state index is 13.5. The molecule has 5 heteroatoms. The molecule has 2 rings (SSSR count). The van der Waals surface area contributed by atoms with Crippen LogP contribution in [0.4, 0.5) is 4.39 Å². The molecule has 0 aromatic heterocycles. The molecule has 0 N–H and O–H groups in total. The second kappa shape index (κ2) is 6.14. The predicted molar refractivity (Wildman–Crippen MR) is 70.2 cm³/mol. The molecule has 104 valence electrons. The van der Waals surface area contributed by atoms with E-state index in [0.29, 0.717) is 38.6 Å². The van der Waals surface area contributed by atoms with Crippen LogP contribution in [-0.2, 0) is 4.79 Å². The van der Waals surface area contributed by atoms with Gasteiger partial charge in [-0.05, 0) is 19.3 Å². The number of carbonyl (C=O) groups is 1. The first-order valence-corrected chi connectivity index (χ1v) is 6.95. The van der Waals surface area contributed by atoms with Gasteiger partial charge in [-0.15, -0.1) is 12.3 Å². The number of alkyl halides is 1. The summed E-state index contributed by atoms with van der Waals surface area (Å²) in [7, 11) is 0. The van der Waals surface area contributed by atoms with Crippen molar-refractivity contribution in [1.29, 1.82) is 0 Å². The van der Waals surface area contributed by atoms with Gasteiger partial charge in [0.2, 0.25) is 5.91 Å². The van der Waals surface area contributed by atoms with Crippen LogP contribution in [0.25, 0.3) is 0 Å². The minimum atomic E-state index is -0.878. The number of hydrogen-bond acceptors (Lipinski definition) is 3. The lowest BCUT2D eigenvalue weighted by Crippen LogP contribution is -2.35.